The SMILES string of the molecule is CN(CCS(C)(=O)=O)C(=O)c1ccc2cn[nH]c2c1. The molecule has 7 heteroatoms. The number of hydrogen-bond acceptors (Lipinski definition) is 4. The molecule has 2 rings (SSSR count). The van der Waals surface area contributed by atoms with Crippen LogP contribution in [0, 0.1) is 0 Å². The Morgan fingerprint density at radius 2 is 2.16 bits per heavy atom. The Balaban J connectivity index is 2.14. The minimum atomic E-state index is -3.07. The number of carbonyl (C=O) groups is 1. The van der Waals surface area contributed by atoms with Crippen molar-refractivity contribution in [2.75, 3.05) is 25.6 Å². The van der Waals surface area contributed by atoms with Crippen LogP contribution in [0.25, 0.3) is 10.9 Å². The zero-order valence-electron chi connectivity index (χ0n) is 10.8. The van der Waals surface area contributed by atoms with Crippen molar-refractivity contribution in [2.45, 2.75) is 0 Å². The minimum absolute atomic E-state index is 0.0401. The van der Waals surface area contributed by atoms with Crippen LogP contribution in [0.3, 0.4) is 0 Å². The summed E-state index contributed by atoms with van der Waals surface area (Å²) >= 11 is 0. The van der Waals surface area contributed by atoms with E-state index in [0.717, 1.165) is 17.2 Å². The molecule has 1 heterocycles. The monoisotopic (exact) mass is 281 g/mol. The second kappa shape index (κ2) is 5.00. The quantitative estimate of drug-likeness (QED) is 0.893. The molecule has 0 fully saturated rings. The van der Waals surface area contributed by atoms with Gasteiger partial charge in [-0.1, -0.05) is 6.07 Å². The number of benzene rings is 1. The van der Waals surface area contributed by atoms with Crippen molar-refractivity contribution in [1.29, 1.82) is 0 Å². The van der Waals surface area contributed by atoms with Crippen LogP contribution in [-0.4, -0.2) is 55.0 Å². The van der Waals surface area contributed by atoms with Crippen molar-refractivity contribution in [3.05, 3.63) is 30.0 Å². The summed E-state index contributed by atoms with van der Waals surface area (Å²) in [6.45, 7) is 0.179. The lowest BCUT2D eigenvalue weighted by Crippen LogP contribution is -2.31. The average molecular weight is 281 g/mol. The Morgan fingerprint density at radius 3 is 2.84 bits per heavy atom. The number of amides is 1. The fraction of sp³-hybridized carbons (Fsp3) is 0.333. The summed E-state index contributed by atoms with van der Waals surface area (Å²) in [5, 5.41) is 7.61. The number of aromatic nitrogens is 2. The van der Waals surface area contributed by atoms with E-state index in [4.69, 9.17) is 0 Å². The first-order valence-electron chi connectivity index (χ1n) is 5.73. The number of H-pyrrole nitrogens is 1. The van der Waals surface area contributed by atoms with Crippen LogP contribution in [0.5, 0.6) is 0 Å². The molecule has 0 unspecified atom stereocenters. The highest BCUT2D eigenvalue weighted by atomic mass is 32.2. The van der Waals surface area contributed by atoms with Crippen molar-refractivity contribution in [3.8, 4) is 0 Å². The number of aromatic amines is 1. The molecular weight excluding hydrogens is 266 g/mol. The van der Waals surface area contributed by atoms with E-state index in [9.17, 15) is 13.2 Å². The Kier molecular flexibility index (Phi) is 3.57. The first-order valence-corrected chi connectivity index (χ1v) is 7.79. The van der Waals surface area contributed by atoms with Gasteiger partial charge in [-0.2, -0.15) is 5.10 Å². The van der Waals surface area contributed by atoms with Gasteiger partial charge < -0.3 is 4.90 Å². The van der Waals surface area contributed by atoms with Crippen LogP contribution in [0.1, 0.15) is 10.4 Å². The third-order valence-electron chi connectivity index (χ3n) is 2.83. The van der Waals surface area contributed by atoms with Crippen molar-refractivity contribution >= 4 is 26.6 Å². The molecule has 0 saturated heterocycles. The molecule has 0 aliphatic carbocycles. The van der Waals surface area contributed by atoms with E-state index in [0.29, 0.717) is 5.56 Å². The number of nitrogens with zero attached hydrogens (tertiary/aromatic N) is 2. The molecule has 0 atom stereocenters. The standard InChI is InChI=1S/C12H15N3O3S/c1-15(5-6-19(2,17)18)12(16)9-3-4-10-8-13-14-11(10)7-9/h3-4,7-8H,5-6H2,1-2H3,(H,13,14). The molecule has 0 aliphatic heterocycles. The number of rotatable bonds is 4. The molecule has 0 spiro atoms. The fourth-order valence-corrected chi connectivity index (χ4v) is 2.30. The summed E-state index contributed by atoms with van der Waals surface area (Å²) in [5.41, 5.74) is 1.29. The van der Waals surface area contributed by atoms with Gasteiger partial charge in [-0.15, -0.1) is 0 Å². The molecule has 2 aromatic rings. The molecule has 1 aromatic heterocycles. The summed E-state index contributed by atoms with van der Waals surface area (Å²) in [6, 6.07) is 5.22. The molecule has 0 radical (unpaired) electrons. The van der Waals surface area contributed by atoms with Crippen LogP contribution in [-0.2, 0) is 9.84 Å². The predicted octanol–water partition coefficient (Wildman–Crippen LogP) is 0.679. The minimum Gasteiger partial charge on any atom is -0.341 e. The molecule has 1 N–H and O–H groups in total. The summed E-state index contributed by atoms with van der Waals surface area (Å²) < 4.78 is 22.2. The van der Waals surface area contributed by atoms with Gasteiger partial charge in [-0.3, -0.25) is 9.89 Å². The van der Waals surface area contributed by atoms with Gasteiger partial charge in [-0.05, 0) is 12.1 Å². The van der Waals surface area contributed by atoms with Crippen LogP contribution >= 0.6 is 0 Å². The normalized spacial score (nSPS) is 11.7. The lowest BCUT2D eigenvalue weighted by molar-refractivity contribution is 0.0803. The molecule has 0 saturated carbocycles. The predicted molar refractivity (Wildman–Crippen MR) is 72.8 cm³/mol. The Hall–Kier alpha value is -1.89. The van der Waals surface area contributed by atoms with Gasteiger partial charge in [0, 0.05) is 30.8 Å². The zero-order valence-corrected chi connectivity index (χ0v) is 11.6. The van der Waals surface area contributed by atoms with Crippen molar-refractivity contribution in [2.24, 2.45) is 0 Å². The smallest absolute Gasteiger partial charge is 0.253 e. The largest absolute Gasteiger partial charge is 0.341 e. The molecular formula is C12H15N3O3S. The van der Waals surface area contributed by atoms with E-state index in [1.165, 1.54) is 4.90 Å². The maximum Gasteiger partial charge on any atom is 0.253 e. The van der Waals surface area contributed by atoms with E-state index in [1.807, 2.05) is 0 Å². The van der Waals surface area contributed by atoms with Crippen molar-refractivity contribution < 1.29 is 13.2 Å². The van der Waals surface area contributed by atoms with Gasteiger partial charge in [0.25, 0.3) is 5.91 Å². The number of carbonyl (C=O) groups excluding carboxylic acids is 1. The van der Waals surface area contributed by atoms with E-state index >= 15 is 0 Å². The van der Waals surface area contributed by atoms with Gasteiger partial charge in [0.15, 0.2) is 0 Å². The van der Waals surface area contributed by atoms with Gasteiger partial charge in [-0.25, -0.2) is 8.42 Å². The van der Waals surface area contributed by atoms with Crippen molar-refractivity contribution in [1.82, 2.24) is 15.1 Å². The van der Waals surface area contributed by atoms with Gasteiger partial charge in [0.2, 0.25) is 0 Å². The van der Waals surface area contributed by atoms with Gasteiger partial charge >= 0.3 is 0 Å². The van der Waals surface area contributed by atoms with E-state index in [-0.39, 0.29) is 18.2 Å². The lowest BCUT2D eigenvalue weighted by atomic mass is 10.1. The molecule has 102 valence electrons. The fourth-order valence-electron chi connectivity index (χ4n) is 1.69. The van der Waals surface area contributed by atoms with Crippen LogP contribution in [0.15, 0.2) is 24.4 Å². The zero-order chi connectivity index (χ0) is 14.0. The first-order chi connectivity index (χ1) is 8.87. The van der Waals surface area contributed by atoms with Crippen LogP contribution in [0.2, 0.25) is 0 Å². The second-order valence-corrected chi connectivity index (χ2v) is 6.79. The van der Waals surface area contributed by atoms with Crippen molar-refractivity contribution in [3.63, 3.8) is 0 Å². The van der Waals surface area contributed by atoms with Crippen LogP contribution in [0.4, 0.5) is 0 Å². The second-order valence-electron chi connectivity index (χ2n) is 4.53. The summed E-state index contributed by atoms with van der Waals surface area (Å²) in [4.78, 5) is 13.5. The Morgan fingerprint density at radius 1 is 1.42 bits per heavy atom. The molecule has 1 aromatic carbocycles. The molecule has 1 amide bonds. The lowest BCUT2D eigenvalue weighted by Gasteiger charge is -2.16. The van der Waals surface area contributed by atoms with E-state index in [2.05, 4.69) is 10.2 Å². The summed E-state index contributed by atoms with van der Waals surface area (Å²) in [7, 11) is -1.48. The molecule has 0 aliphatic rings. The molecule has 0 bridgehead atoms. The summed E-state index contributed by atoms with van der Waals surface area (Å²) in [6.07, 6.45) is 2.83. The third kappa shape index (κ3) is 3.31. The highest BCUT2D eigenvalue weighted by Gasteiger charge is 2.14. The molecule has 19 heavy (non-hydrogen) atoms. The molecule has 6 nitrogen and oxygen atoms in total. The van der Waals surface area contributed by atoms with Gasteiger partial charge in [0.1, 0.15) is 9.84 Å². The number of fused-ring (bicyclic) bond motifs is 1. The maximum atomic E-state index is 12.1. The van der Waals surface area contributed by atoms with E-state index < -0.39 is 9.84 Å². The Labute approximate surface area is 111 Å². The third-order valence-corrected chi connectivity index (χ3v) is 3.76. The number of sulfone groups is 1. The summed E-state index contributed by atoms with van der Waals surface area (Å²) in [5.74, 6) is -0.248. The highest BCUT2D eigenvalue weighted by Crippen LogP contribution is 2.14. The van der Waals surface area contributed by atoms with Gasteiger partial charge in [0.05, 0.1) is 17.5 Å². The highest BCUT2D eigenvalue weighted by molar-refractivity contribution is 7.90. The average Bonchev–Trinajstić information content (AvgIpc) is 2.81. The Bertz CT molecular complexity index is 706. The van der Waals surface area contributed by atoms with Crippen LogP contribution < -0.4 is 0 Å². The first kappa shape index (κ1) is 13.5. The topological polar surface area (TPSA) is 83.1 Å². The van der Waals surface area contributed by atoms with E-state index in [1.54, 1.807) is 31.4 Å². The number of hydrogen-bond donors (Lipinski definition) is 1. The maximum absolute atomic E-state index is 12.1. The number of nitrogens with one attached hydrogen (secondary N) is 1.